The van der Waals surface area contributed by atoms with Crippen molar-refractivity contribution in [2.45, 2.75) is 102 Å². The number of fused-ring (bicyclic) bond motifs is 2. The van der Waals surface area contributed by atoms with Crippen LogP contribution in [0.2, 0.25) is 10.0 Å². The third-order valence-electron chi connectivity index (χ3n) is 13.2. The standard InChI is InChI=1S/C49H59Cl2F4N7O6/c1-30-44(64)57-39(28-67-8)46(66)60(7)48(23-31-10-14-34(50)15-11-31)18-9-19-61(29-48)45(65)33(24-49(53,54)55)20-43(63)62(30)26-37-38(52)21-35(51)22-41(37)68-36-16-12-32(13-17-36)40-25-56-42(59(40)6)27-58(5)47(2,3)4/h10-17,21-22,25,30,33,39H,9,18-20,23-24,26-29H2,1-8H3,(H,57,64)/t30-,33-,39-,48+/m0/s1. The van der Waals surface area contributed by atoms with Crippen LogP contribution in [-0.2, 0) is 50.5 Å². The summed E-state index contributed by atoms with van der Waals surface area (Å²) in [7, 11) is 6.81. The summed E-state index contributed by atoms with van der Waals surface area (Å²) >= 11 is 12.5. The second-order valence-corrected chi connectivity index (χ2v) is 19.7. The average Bonchev–Trinajstić information content (AvgIpc) is 3.63. The number of ether oxygens (including phenoxy) is 2. The molecule has 368 valence electrons. The fourth-order valence-electron chi connectivity index (χ4n) is 8.74. The molecule has 68 heavy (non-hydrogen) atoms. The molecule has 1 aromatic heterocycles. The van der Waals surface area contributed by atoms with Gasteiger partial charge in [-0.3, -0.25) is 24.1 Å². The van der Waals surface area contributed by atoms with Crippen LogP contribution >= 0.6 is 23.2 Å². The molecule has 4 amide bonds. The van der Waals surface area contributed by atoms with E-state index >= 15 is 4.39 Å². The van der Waals surface area contributed by atoms with Crippen LogP contribution in [-0.4, -0.2) is 123 Å². The summed E-state index contributed by atoms with van der Waals surface area (Å²) < 4.78 is 73.0. The van der Waals surface area contributed by atoms with E-state index in [0.29, 0.717) is 24.4 Å². The van der Waals surface area contributed by atoms with E-state index in [1.807, 2.05) is 18.7 Å². The Kier molecular flexibility index (Phi) is 16.2. The number of likely N-dealkylation sites (N-methyl/N-ethyl adjacent to an activating group) is 1. The third-order valence-corrected chi connectivity index (χ3v) is 13.6. The molecule has 2 saturated heterocycles. The fourth-order valence-corrected chi connectivity index (χ4v) is 9.06. The van der Waals surface area contributed by atoms with Gasteiger partial charge in [-0.15, -0.1) is 0 Å². The summed E-state index contributed by atoms with van der Waals surface area (Å²) in [5.41, 5.74) is 0.914. The summed E-state index contributed by atoms with van der Waals surface area (Å²) in [6.45, 7) is 7.16. The predicted molar refractivity (Wildman–Crippen MR) is 250 cm³/mol. The molecule has 2 aliphatic rings. The number of alkyl halides is 3. The Labute approximate surface area is 404 Å². The molecule has 2 fully saturated rings. The number of amides is 4. The fraction of sp³-hybridized carbons (Fsp3) is 0.490. The number of methoxy groups -OCH3 is 1. The third kappa shape index (κ3) is 12.3. The minimum absolute atomic E-state index is 0.0619. The van der Waals surface area contributed by atoms with Crippen molar-refractivity contribution < 1.29 is 46.2 Å². The number of nitrogens with one attached hydrogen (secondary N) is 1. The maximum Gasteiger partial charge on any atom is 0.389 e. The Morgan fingerprint density at radius 1 is 0.956 bits per heavy atom. The molecule has 0 unspecified atom stereocenters. The molecule has 1 N–H and O–H groups in total. The first-order chi connectivity index (χ1) is 31.9. The molecule has 0 spiro atoms. The second-order valence-electron chi connectivity index (χ2n) is 18.9. The SMILES string of the molecule is COC[C@@H]1NC(=O)[C@H](C)N(Cc2c(F)cc(Cl)cc2Oc2ccc(-c3cnc(CN(C)C(C)(C)C)n3C)cc2)C(=O)C[C@@H](CC(F)(F)F)C(=O)N2CCC[C@@](Cc3ccc(Cl)cc3)(C2)N(C)C1=O. The topological polar surface area (TPSA) is 130 Å². The van der Waals surface area contributed by atoms with E-state index in [2.05, 4.69) is 36.0 Å². The summed E-state index contributed by atoms with van der Waals surface area (Å²) in [5, 5.41) is 3.10. The van der Waals surface area contributed by atoms with Crippen LogP contribution in [0.4, 0.5) is 17.6 Å². The first kappa shape index (κ1) is 52.1. The number of piperidine rings is 1. The van der Waals surface area contributed by atoms with Gasteiger partial charge in [0.2, 0.25) is 23.6 Å². The van der Waals surface area contributed by atoms with Gasteiger partial charge >= 0.3 is 6.18 Å². The monoisotopic (exact) mass is 987 g/mol. The molecular formula is C49H59Cl2F4N7O6. The van der Waals surface area contributed by atoms with E-state index in [0.717, 1.165) is 33.6 Å². The Morgan fingerprint density at radius 3 is 2.26 bits per heavy atom. The summed E-state index contributed by atoms with van der Waals surface area (Å²) in [5.74, 6) is -5.36. The van der Waals surface area contributed by atoms with E-state index in [-0.39, 0.29) is 53.7 Å². The maximum absolute atomic E-state index is 16.2. The number of rotatable bonds is 12. The van der Waals surface area contributed by atoms with Crippen molar-refractivity contribution in [3.63, 3.8) is 0 Å². The van der Waals surface area contributed by atoms with E-state index < -0.39 is 78.5 Å². The molecular weight excluding hydrogens is 929 g/mol. The quantitative estimate of drug-likeness (QED) is 0.140. The number of hydrogen-bond acceptors (Lipinski definition) is 8. The maximum atomic E-state index is 16.2. The van der Waals surface area contributed by atoms with Crippen LogP contribution in [0, 0.1) is 11.7 Å². The highest BCUT2D eigenvalue weighted by Gasteiger charge is 2.48. The van der Waals surface area contributed by atoms with E-state index in [1.165, 1.54) is 36.9 Å². The van der Waals surface area contributed by atoms with Crippen LogP contribution < -0.4 is 10.1 Å². The Morgan fingerprint density at radius 2 is 1.63 bits per heavy atom. The lowest BCUT2D eigenvalue weighted by molar-refractivity contribution is -0.166. The minimum Gasteiger partial charge on any atom is -0.457 e. The van der Waals surface area contributed by atoms with Crippen molar-refractivity contribution in [1.82, 2.24) is 34.5 Å². The molecule has 3 aromatic carbocycles. The molecule has 13 nitrogen and oxygen atoms in total. The number of benzene rings is 3. The molecule has 3 heterocycles. The number of halogens is 6. The highest BCUT2D eigenvalue weighted by molar-refractivity contribution is 6.31. The van der Waals surface area contributed by atoms with Gasteiger partial charge in [-0.2, -0.15) is 13.2 Å². The zero-order valence-electron chi connectivity index (χ0n) is 39.6. The normalized spacial score (nSPS) is 21.3. The minimum atomic E-state index is -4.88. The van der Waals surface area contributed by atoms with Gasteiger partial charge in [0.05, 0.1) is 49.5 Å². The van der Waals surface area contributed by atoms with Crippen molar-refractivity contribution in [3.05, 3.63) is 99.7 Å². The lowest BCUT2D eigenvalue weighted by Gasteiger charge is -2.50. The van der Waals surface area contributed by atoms with Gasteiger partial charge in [0.25, 0.3) is 0 Å². The molecule has 0 radical (unpaired) electrons. The Hall–Kier alpha value is -5.23. The molecule has 2 bridgehead atoms. The largest absolute Gasteiger partial charge is 0.457 e. The molecule has 6 rings (SSSR count). The summed E-state index contributed by atoms with van der Waals surface area (Å²) in [6, 6.07) is 13.2. The van der Waals surface area contributed by atoms with Crippen LogP contribution in [0.3, 0.4) is 0 Å². The van der Waals surface area contributed by atoms with E-state index in [4.69, 9.17) is 32.7 Å². The summed E-state index contributed by atoms with van der Waals surface area (Å²) in [6.07, 6.45) is -4.86. The molecule has 0 saturated carbocycles. The summed E-state index contributed by atoms with van der Waals surface area (Å²) in [4.78, 5) is 68.3. The Balaban J connectivity index is 1.35. The molecule has 19 heteroatoms. The second kappa shape index (κ2) is 21.2. The zero-order valence-corrected chi connectivity index (χ0v) is 41.1. The van der Waals surface area contributed by atoms with Crippen LogP contribution in [0.5, 0.6) is 11.5 Å². The highest BCUT2D eigenvalue weighted by Crippen LogP contribution is 2.37. The smallest absolute Gasteiger partial charge is 0.389 e. The van der Waals surface area contributed by atoms with Gasteiger partial charge in [-0.25, -0.2) is 9.37 Å². The first-order valence-corrected chi connectivity index (χ1v) is 23.1. The number of imidazole rings is 1. The average molecular weight is 989 g/mol. The lowest BCUT2D eigenvalue weighted by atomic mass is 9.80. The van der Waals surface area contributed by atoms with Crippen molar-refractivity contribution in [1.29, 1.82) is 0 Å². The van der Waals surface area contributed by atoms with Gasteiger partial charge in [0, 0.05) is 67.4 Å². The molecule has 4 atom stereocenters. The molecule has 4 aromatic rings. The Bertz CT molecular complexity index is 2460. The number of nitrogens with zero attached hydrogens (tertiary/aromatic N) is 6. The van der Waals surface area contributed by atoms with Crippen molar-refractivity contribution in [3.8, 4) is 22.8 Å². The van der Waals surface area contributed by atoms with Gasteiger partial charge in [-0.1, -0.05) is 35.3 Å². The number of aromatic nitrogens is 2. The van der Waals surface area contributed by atoms with E-state index in [9.17, 15) is 32.3 Å². The van der Waals surface area contributed by atoms with Crippen LogP contribution in [0.15, 0.2) is 66.9 Å². The zero-order chi connectivity index (χ0) is 49.9. The first-order valence-electron chi connectivity index (χ1n) is 22.3. The van der Waals surface area contributed by atoms with Crippen LogP contribution in [0.25, 0.3) is 11.3 Å². The number of hydrogen-bond donors (Lipinski definition) is 1. The van der Waals surface area contributed by atoms with Gasteiger partial charge in [0.15, 0.2) is 0 Å². The number of carbonyl (C=O) groups excluding carboxylic acids is 4. The van der Waals surface area contributed by atoms with Crippen molar-refractivity contribution in [2.24, 2.45) is 13.0 Å². The van der Waals surface area contributed by atoms with Crippen molar-refractivity contribution in [2.75, 3.05) is 40.9 Å². The van der Waals surface area contributed by atoms with Crippen LogP contribution in [0.1, 0.15) is 70.3 Å². The lowest BCUT2D eigenvalue weighted by Crippen LogP contribution is -2.65. The molecule has 0 aliphatic carbocycles. The highest BCUT2D eigenvalue weighted by atomic mass is 35.5. The number of carbonyl (C=O) groups is 4. The van der Waals surface area contributed by atoms with Gasteiger partial charge in [0.1, 0.15) is 35.2 Å². The molecule has 2 aliphatic heterocycles. The van der Waals surface area contributed by atoms with Gasteiger partial charge < -0.3 is 34.1 Å². The van der Waals surface area contributed by atoms with E-state index in [1.54, 1.807) is 54.7 Å². The van der Waals surface area contributed by atoms with Gasteiger partial charge in [-0.05, 0) is 108 Å². The van der Waals surface area contributed by atoms with Crippen molar-refractivity contribution >= 4 is 46.8 Å². The predicted octanol–water partition coefficient (Wildman–Crippen LogP) is 8.44.